The number of rotatable bonds is 4. The standard InChI is InChI=1S/C29H38N2O3/c1-28(2,3)34-23-9-6-19(7-10-23)21-8-11-24-22(16-21)17-29(4,5)26(24)31(27(32)33)25-18-30-14-12-20(25)13-15-30/h6-11,16,20,25-26H,12-15,17-18H2,1-5H3,(H,32,33)/t25-,26+/m1/s1. The maximum Gasteiger partial charge on any atom is 0.408 e. The van der Waals surface area contributed by atoms with Gasteiger partial charge in [-0.15, -0.1) is 0 Å². The van der Waals surface area contributed by atoms with E-state index in [9.17, 15) is 9.90 Å². The SMILES string of the molecule is CC(C)(C)Oc1ccc(-c2ccc3c(c2)CC(C)(C)[C@H]3N(C(=O)O)[C@@H]2CN3CCC2CC3)cc1. The molecule has 0 spiro atoms. The molecule has 5 heteroatoms. The minimum absolute atomic E-state index is 0.0882. The topological polar surface area (TPSA) is 53.0 Å². The van der Waals surface area contributed by atoms with Gasteiger partial charge in [0.25, 0.3) is 0 Å². The zero-order chi connectivity index (χ0) is 24.3. The van der Waals surface area contributed by atoms with Crippen LogP contribution in [0.5, 0.6) is 5.75 Å². The van der Waals surface area contributed by atoms with Crippen molar-refractivity contribution in [1.82, 2.24) is 9.80 Å². The fourth-order valence-electron chi connectivity index (χ4n) is 6.50. The highest BCUT2D eigenvalue weighted by molar-refractivity contribution is 5.69. The Morgan fingerprint density at radius 1 is 1.06 bits per heavy atom. The molecule has 6 rings (SSSR count). The van der Waals surface area contributed by atoms with E-state index in [-0.39, 0.29) is 23.1 Å². The molecule has 0 radical (unpaired) electrons. The Bertz CT molecular complexity index is 1060. The summed E-state index contributed by atoms with van der Waals surface area (Å²) >= 11 is 0. The molecule has 2 aromatic rings. The summed E-state index contributed by atoms with van der Waals surface area (Å²) in [6.45, 7) is 13.7. The van der Waals surface area contributed by atoms with Crippen LogP contribution in [0.2, 0.25) is 0 Å². The lowest BCUT2D eigenvalue weighted by molar-refractivity contribution is -0.0267. The molecular formula is C29H38N2O3. The van der Waals surface area contributed by atoms with Gasteiger partial charge in [-0.2, -0.15) is 0 Å². The number of hydrogen-bond donors (Lipinski definition) is 1. The highest BCUT2D eigenvalue weighted by Crippen LogP contribution is 2.51. The van der Waals surface area contributed by atoms with Gasteiger partial charge in [-0.05, 0) is 98.8 Å². The predicted molar refractivity (Wildman–Crippen MR) is 135 cm³/mol. The number of amides is 1. The molecule has 1 amide bonds. The molecule has 2 atom stereocenters. The molecular weight excluding hydrogens is 424 g/mol. The van der Waals surface area contributed by atoms with Crippen LogP contribution < -0.4 is 4.74 Å². The van der Waals surface area contributed by atoms with Crippen LogP contribution in [-0.2, 0) is 6.42 Å². The molecule has 1 N–H and O–H groups in total. The lowest BCUT2D eigenvalue weighted by atomic mass is 9.79. The van der Waals surface area contributed by atoms with E-state index < -0.39 is 6.09 Å². The van der Waals surface area contributed by atoms with E-state index in [0.717, 1.165) is 50.2 Å². The largest absolute Gasteiger partial charge is 0.488 e. The molecule has 34 heavy (non-hydrogen) atoms. The fraction of sp³-hybridized carbons (Fsp3) is 0.552. The van der Waals surface area contributed by atoms with Crippen LogP contribution in [0.25, 0.3) is 11.1 Å². The Morgan fingerprint density at radius 3 is 2.26 bits per heavy atom. The fourth-order valence-corrected chi connectivity index (χ4v) is 6.50. The van der Waals surface area contributed by atoms with Crippen LogP contribution >= 0.6 is 0 Å². The number of piperidine rings is 3. The normalized spacial score (nSPS) is 27.3. The monoisotopic (exact) mass is 462 g/mol. The Morgan fingerprint density at radius 2 is 1.71 bits per heavy atom. The summed E-state index contributed by atoms with van der Waals surface area (Å²) in [6, 6.07) is 14.9. The molecule has 3 fully saturated rings. The molecule has 3 saturated heterocycles. The summed E-state index contributed by atoms with van der Waals surface area (Å²) in [4.78, 5) is 17.0. The van der Waals surface area contributed by atoms with Crippen LogP contribution in [0, 0.1) is 11.3 Å². The summed E-state index contributed by atoms with van der Waals surface area (Å²) < 4.78 is 5.97. The molecule has 3 aliphatic heterocycles. The Hall–Kier alpha value is -2.53. The molecule has 0 unspecified atom stereocenters. The quantitative estimate of drug-likeness (QED) is 0.585. The van der Waals surface area contributed by atoms with Gasteiger partial charge in [-0.3, -0.25) is 4.90 Å². The second-order valence-electron chi connectivity index (χ2n) is 12.1. The summed E-state index contributed by atoms with van der Waals surface area (Å²) in [7, 11) is 0. The third kappa shape index (κ3) is 4.31. The first-order valence-corrected chi connectivity index (χ1v) is 12.7. The van der Waals surface area contributed by atoms with Crippen molar-refractivity contribution >= 4 is 6.09 Å². The molecule has 2 bridgehead atoms. The zero-order valence-corrected chi connectivity index (χ0v) is 21.2. The van der Waals surface area contributed by atoms with Crippen LogP contribution in [0.3, 0.4) is 0 Å². The van der Waals surface area contributed by atoms with Crippen LogP contribution in [0.4, 0.5) is 4.79 Å². The summed E-state index contributed by atoms with van der Waals surface area (Å²) in [5.41, 5.74) is 4.41. The van der Waals surface area contributed by atoms with Gasteiger partial charge in [-0.1, -0.05) is 44.2 Å². The van der Waals surface area contributed by atoms with E-state index in [2.05, 4.69) is 69.9 Å². The van der Waals surface area contributed by atoms with Gasteiger partial charge < -0.3 is 14.7 Å². The molecule has 0 saturated carbocycles. The van der Waals surface area contributed by atoms with Crippen LogP contribution in [0.15, 0.2) is 42.5 Å². The molecule has 1 aliphatic carbocycles. The van der Waals surface area contributed by atoms with Crippen molar-refractivity contribution in [3.8, 4) is 16.9 Å². The number of carbonyl (C=O) groups is 1. The van der Waals surface area contributed by atoms with Crippen molar-refractivity contribution in [1.29, 1.82) is 0 Å². The Balaban J connectivity index is 1.45. The average molecular weight is 463 g/mol. The van der Waals surface area contributed by atoms with Gasteiger partial charge in [0.05, 0.1) is 12.1 Å². The average Bonchev–Trinajstić information content (AvgIpc) is 3.03. The van der Waals surface area contributed by atoms with Gasteiger partial charge in [0, 0.05) is 6.54 Å². The molecule has 3 heterocycles. The van der Waals surface area contributed by atoms with E-state index in [4.69, 9.17) is 4.74 Å². The highest BCUT2D eigenvalue weighted by Gasteiger charge is 2.50. The van der Waals surface area contributed by atoms with Gasteiger partial charge in [0.1, 0.15) is 11.4 Å². The second-order valence-corrected chi connectivity index (χ2v) is 12.1. The minimum atomic E-state index is -0.775. The molecule has 182 valence electrons. The molecule has 5 nitrogen and oxygen atoms in total. The minimum Gasteiger partial charge on any atom is -0.488 e. The predicted octanol–water partition coefficient (Wildman–Crippen LogP) is 6.23. The zero-order valence-electron chi connectivity index (χ0n) is 21.2. The third-order valence-electron chi connectivity index (χ3n) is 7.91. The number of carboxylic acid groups (broad SMARTS) is 1. The van der Waals surface area contributed by atoms with E-state index in [0.29, 0.717) is 5.92 Å². The van der Waals surface area contributed by atoms with Gasteiger partial charge >= 0.3 is 6.09 Å². The smallest absolute Gasteiger partial charge is 0.408 e. The van der Waals surface area contributed by atoms with Crippen molar-refractivity contribution in [2.45, 2.75) is 71.6 Å². The Labute approximate surface area is 203 Å². The number of fused-ring (bicyclic) bond motifs is 4. The van der Waals surface area contributed by atoms with Crippen molar-refractivity contribution < 1.29 is 14.6 Å². The number of ether oxygens (including phenoxy) is 1. The van der Waals surface area contributed by atoms with E-state index in [1.54, 1.807) is 0 Å². The highest BCUT2D eigenvalue weighted by atomic mass is 16.5. The van der Waals surface area contributed by atoms with Crippen LogP contribution in [0.1, 0.15) is 64.6 Å². The summed E-state index contributed by atoms with van der Waals surface area (Å²) in [5, 5.41) is 10.4. The Kier molecular flexibility index (Phi) is 5.67. The van der Waals surface area contributed by atoms with Crippen molar-refractivity contribution in [3.05, 3.63) is 53.6 Å². The second kappa shape index (κ2) is 8.30. The number of nitrogens with zero attached hydrogens (tertiary/aromatic N) is 2. The third-order valence-corrected chi connectivity index (χ3v) is 7.91. The molecule has 0 aromatic heterocycles. The van der Waals surface area contributed by atoms with E-state index in [1.165, 1.54) is 16.7 Å². The first-order valence-electron chi connectivity index (χ1n) is 12.7. The maximum absolute atomic E-state index is 12.7. The number of hydrogen-bond acceptors (Lipinski definition) is 3. The van der Waals surface area contributed by atoms with Crippen molar-refractivity contribution in [2.24, 2.45) is 11.3 Å². The molecule has 2 aromatic carbocycles. The lowest BCUT2D eigenvalue weighted by Gasteiger charge is -2.51. The van der Waals surface area contributed by atoms with Crippen LogP contribution in [-0.4, -0.2) is 52.3 Å². The van der Waals surface area contributed by atoms with Gasteiger partial charge in [0.2, 0.25) is 0 Å². The van der Waals surface area contributed by atoms with Gasteiger partial charge in [-0.25, -0.2) is 4.79 Å². The van der Waals surface area contributed by atoms with E-state index in [1.807, 2.05) is 17.0 Å². The summed E-state index contributed by atoms with van der Waals surface area (Å²) in [5.74, 6) is 1.35. The van der Waals surface area contributed by atoms with Gasteiger partial charge in [0.15, 0.2) is 0 Å². The first-order chi connectivity index (χ1) is 16.0. The van der Waals surface area contributed by atoms with Crippen molar-refractivity contribution in [2.75, 3.05) is 19.6 Å². The van der Waals surface area contributed by atoms with E-state index >= 15 is 0 Å². The van der Waals surface area contributed by atoms with Crippen molar-refractivity contribution in [3.63, 3.8) is 0 Å². The first kappa shape index (κ1) is 23.2. The summed E-state index contributed by atoms with van der Waals surface area (Å²) in [6.07, 6.45) is 2.34. The number of benzene rings is 2. The molecule has 4 aliphatic rings. The lowest BCUT2D eigenvalue weighted by Crippen LogP contribution is -2.60. The maximum atomic E-state index is 12.7.